The van der Waals surface area contributed by atoms with Crippen LogP contribution in [0.15, 0.2) is 40.9 Å². The highest BCUT2D eigenvalue weighted by atomic mass is 32.2. The molecule has 0 radical (unpaired) electrons. The maximum absolute atomic E-state index is 12.1. The number of amides is 1. The lowest BCUT2D eigenvalue weighted by molar-refractivity contribution is -0.112. The minimum atomic E-state index is -3.79. The first-order valence-electron chi connectivity index (χ1n) is 8.48. The lowest BCUT2D eigenvalue weighted by Crippen LogP contribution is -2.37. The summed E-state index contributed by atoms with van der Waals surface area (Å²) in [6.07, 6.45) is 2.26. The second-order valence-corrected chi connectivity index (χ2v) is 7.52. The molecule has 146 valence electrons. The van der Waals surface area contributed by atoms with Crippen LogP contribution in [0, 0.1) is 11.3 Å². The average Bonchev–Trinajstić information content (AvgIpc) is 2.65. The topological polar surface area (TPSA) is 138 Å². The molecule has 1 amide bonds. The van der Waals surface area contributed by atoms with Gasteiger partial charge in [-0.15, -0.1) is 0 Å². The Bertz CT molecular complexity index is 809. The van der Waals surface area contributed by atoms with Gasteiger partial charge in [0, 0.05) is 31.5 Å². The Morgan fingerprint density at radius 1 is 1.30 bits per heavy atom. The van der Waals surface area contributed by atoms with Crippen molar-refractivity contribution in [3.8, 4) is 6.07 Å². The van der Waals surface area contributed by atoms with Gasteiger partial charge in [0.1, 0.15) is 11.6 Å². The third-order valence-corrected chi connectivity index (χ3v) is 4.88. The number of carbonyl (C=O) groups is 1. The standard InChI is InChI=1S/C17H23N5O4S/c18-12-14(13-20-6-1-7-22-8-10-26-11-9-22)17(23)21-15-2-4-16(5-3-15)27(19,24)25/h2-5,13,20H,1,6-11H2,(H,21,23)(H2,19,24,25)/b14-13-. The molecular formula is C17H23N5O4S. The highest BCUT2D eigenvalue weighted by molar-refractivity contribution is 7.89. The van der Waals surface area contributed by atoms with Gasteiger partial charge in [-0.1, -0.05) is 0 Å². The molecule has 0 bridgehead atoms. The van der Waals surface area contributed by atoms with Crippen molar-refractivity contribution < 1.29 is 17.9 Å². The zero-order valence-corrected chi connectivity index (χ0v) is 15.7. The normalized spacial score (nSPS) is 15.8. The number of hydrogen-bond acceptors (Lipinski definition) is 7. The SMILES string of the molecule is N#C/C(=C/NCCCN1CCOCC1)C(=O)Nc1ccc(S(N)(=O)=O)cc1. The van der Waals surface area contributed by atoms with Crippen molar-refractivity contribution in [1.29, 1.82) is 5.26 Å². The van der Waals surface area contributed by atoms with E-state index in [0.717, 1.165) is 39.3 Å². The number of nitrogens with two attached hydrogens (primary N) is 1. The van der Waals surface area contributed by atoms with Crippen molar-refractivity contribution in [2.24, 2.45) is 5.14 Å². The second-order valence-electron chi connectivity index (χ2n) is 5.96. The van der Waals surface area contributed by atoms with Crippen LogP contribution in [-0.2, 0) is 19.6 Å². The van der Waals surface area contributed by atoms with E-state index in [-0.39, 0.29) is 10.5 Å². The van der Waals surface area contributed by atoms with Crippen molar-refractivity contribution in [3.63, 3.8) is 0 Å². The number of nitrogens with zero attached hydrogens (tertiary/aromatic N) is 2. The molecule has 0 atom stereocenters. The first kappa shape index (κ1) is 20.9. The van der Waals surface area contributed by atoms with Gasteiger partial charge in [-0.05, 0) is 37.2 Å². The molecule has 1 saturated heterocycles. The Hall–Kier alpha value is -2.45. The molecule has 1 heterocycles. The fourth-order valence-electron chi connectivity index (χ4n) is 2.48. The molecule has 4 N–H and O–H groups in total. The third-order valence-electron chi connectivity index (χ3n) is 3.95. The lowest BCUT2D eigenvalue weighted by Gasteiger charge is -2.26. The van der Waals surface area contributed by atoms with Crippen LogP contribution in [0.3, 0.4) is 0 Å². The summed E-state index contributed by atoms with van der Waals surface area (Å²) in [5.74, 6) is -0.582. The number of nitrogens with one attached hydrogen (secondary N) is 2. The van der Waals surface area contributed by atoms with Crippen LogP contribution in [0.25, 0.3) is 0 Å². The maximum Gasteiger partial charge on any atom is 0.267 e. The summed E-state index contributed by atoms with van der Waals surface area (Å²) >= 11 is 0. The van der Waals surface area contributed by atoms with Gasteiger partial charge in [-0.3, -0.25) is 9.69 Å². The van der Waals surface area contributed by atoms with Crippen LogP contribution in [0.1, 0.15) is 6.42 Å². The molecule has 0 aromatic heterocycles. The number of benzene rings is 1. The summed E-state index contributed by atoms with van der Waals surface area (Å²) in [4.78, 5) is 14.4. The van der Waals surface area contributed by atoms with Gasteiger partial charge in [0.15, 0.2) is 0 Å². The zero-order chi connectivity index (χ0) is 19.7. The number of morpholine rings is 1. The minimum absolute atomic E-state index is 0.0570. The predicted molar refractivity (Wildman–Crippen MR) is 100 cm³/mol. The smallest absolute Gasteiger partial charge is 0.267 e. The van der Waals surface area contributed by atoms with Gasteiger partial charge in [0.05, 0.1) is 18.1 Å². The number of hydrogen-bond donors (Lipinski definition) is 3. The summed E-state index contributed by atoms with van der Waals surface area (Å²) in [6.45, 7) is 4.92. The third kappa shape index (κ3) is 6.99. The number of ether oxygens (including phenoxy) is 1. The fraction of sp³-hybridized carbons (Fsp3) is 0.412. The Kier molecular flexibility index (Phi) is 7.75. The number of nitriles is 1. The maximum atomic E-state index is 12.1. The van der Waals surface area contributed by atoms with Crippen molar-refractivity contribution >= 4 is 21.6 Å². The summed E-state index contributed by atoms with van der Waals surface area (Å²) in [7, 11) is -3.79. The number of anilines is 1. The van der Waals surface area contributed by atoms with E-state index >= 15 is 0 Å². The predicted octanol–water partition coefficient (Wildman–Crippen LogP) is -0.00812. The summed E-state index contributed by atoms with van der Waals surface area (Å²) in [6, 6.07) is 7.22. The molecule has 1 aliphatic rings. The van der Waals surface area contributed by atoms with E-state index in [1.807, 2.05) is 6.07 Å². The molecule has 0 saturated carbocycles. The Labute approximate surface area is 158 Å². The number of primary sulfonamides is 1. The van der Waals surface area contributed by atoms with Crippen molar-refractivity contribution in [2.75, 3.05) is 44.7 Å². The number of sulfonamides is 1. The van der Waals surface area contributed by atoms with E-state index in [2.05, 4.69) is 15.5 Å². The summed E-state index contributed by atoms with van der Waals surface area (Å²) in [5.41, 5.74) is 0.290. The van der Waals surface area contributed by atoms with Gasteiger partial charge < -0.3 is 15.4 Å². The molecular weight excluding hydrogens is 370 g/mol. The molecule has 0 unspecified atom stereocenters. The Morgan fingerprint density at radius 2 is 1.96 bits per heavy atom. The van der Waals surface area contributed by atoms with Gasteiger partial charge in [0.2, 0.25) is 10.0 Å². The molecule has 9 nitrogen and oxygen atoms in total. The van der Waals surface area contributed by atoms with Gasteiger partial charge in [-0.2, -0.15) is 5.26 Å². The molecule has 27 heavy (non-hydrogen) atoms. The minimum Gasteiger partial charge on any atom is -0.390 e. The van der Waals surface area contributed by atoms with Crippen LogP contribution >= 0.6 is 0 Å². The molecule has 1 aromatic rings. The molecule has 0 spiro atoms. The first-order valence-corrected chi connectivity index (χ1v) is 10.0. The lowest BCUT2D eigenvalue weighted by atomic mass is 10.2. The Morgan fingerprint density at radius 3 is 2.56 bits per heavy atom. The highest BCUT2D eigenvalue weighted by Crippen LogP contribution is 2.13. The monoisotopic (exact) mass is 393 g/mol. The quantitative estimate of drug-likeness (QED) is 0.321. The zero-order valence-electron chi connectivity index (χ0n) is 14.8. The van der Waals surface area contributed by atoms with Crippen LogP contribution in [0.5, 0.6) is 0 Å². The first-order chi connectivity index (χ1) is 12.9. The largest absolute Gasteiger partial charge is 0.390 e. The van der Waals surface area contributed by atoms with Crippen LogP contribution in [0.4, 0.5) is 5.69 Å². The molecule has 1 fully saturated rings. The summed E-state index contributed by atoms with van der Waals surface area (Å²) in [5, 5.41) is 19.7. The van der Waals surface area contributed by atoms with Gasteiger partial charge in [-0.25, -0.2) is 13.6 Å². The number of rotatable bonds is 8. The fourth-order valence-corrected chi connectivity index (χ4v) is 2.99. The molecule has 0 aliphatic carbocycles. The van der Waals surface area contributed by atoms with Crippen molar-refractivity contribution in [3.05, 3.63) is 36.0 Å². The van der Waals surface area contributed by atoms with Gasteiger partial charge >= 0.3 is 0 Å². The van der Waals surface area contributed by atoms with E-state index in [9.17, 15) is 13.2 Å². The molecule has 1 aliphatic heterocycles. The van der Waals surface area contributed by atoms with E-state index in [0.29, 0.717) is 12.2 Å². The van der Waals surface area contributed by atoms with E-state index < -0.39 is 15.9 Å². The van der Waals surface area contributed by atoms with E-state index in [1.165, 1.54) is 30.5 Å². The van der Waals surface area contributed by atoms with Gasteiger partial charge in [0.25, 0.3) is 5.91 Å². The van der Waals surface area contributed by atoms with Crippen LogP contribution in [0.2, 0.25) is 0 Å². The summed E-state index contributed by atoms with van der Waals surface area (Å²) < 4.78 is 27.7. The second kappa shape index (κ2) is 10.0. The van der Waals surface area contributed by atoms with Crippen molar-refractivity contribution in [2.45, 2.75) is 11.3 Å². The van der Waals surface area contributed by atoms with Crippen LogP contribution in [-0.4, -0.2) is 58.6 Å². The van der Waals surface area contributed by atoms with E-state index in [4.69, 9.17) is 15.1 Å². The molecule has 2 rings (SSSR count). The van der Waals surface area contributed by atoms with Crippen LogP contribution < -0.4 is 15.8 Å². The Balaban J connectivity index is 1.80. The molecule has 10 heteroatoms. The highest BCUT2D eigenvalue weighted by Gasteiger charge is 2.12. The number of carbonyl (C=O) groups excluding carboxylic acids is 1. The average molecular weight is 393 g/mol. The van der Waals surface area contributed by atoms with E-state index in [1.54, 1.807) is 0 Å². The molecule has 1 aromatic carbocycles. The van der Waals surface area contributed by atoms with Crippen molar-refractivity contribution in [1.82, 2.24) is 10.2 Å².